The second kappa shape index (κ2) is 6.14. The van der Waals surface area contributed by atoms with E-state index in [1.807, 2.05) is 0 Å². The number of anilines is 1. The number of methoxy groups -OCH3 is 1. The molecule has 3 aromatic rings. The molecule has 2 aromatic heterocycles. The van der Waals surface area contributed by atoms with Gasteiger partial charge in [0.05, 0.1) is 19.0 Å². The first kappa shape index (κ1) is 16.6. The first-order valence-electron chi connectivity index (χ1n) is 8.22. The lowest BCUT2D eigenvalue weighted by Crippen LogP contribution is -2.12. The number of aromatic hydroxyl groups is 1. The minimum atomic E-state index is -0.586. The highest BCUT2D eigenvalue weighted by molar-refractivity contribution is 5.98. The molecule has 2 heterocycles. The summed E-state index contributed by atoms with van der Waals surface area (Å²) in [7, 11) is 1.28. The smallest absolute Gasteiger partial charge is 0.356 e. The van der Waals surface area contributed by atoms with Crippen LogP contribution in [0.3, 0.4) is 0 Å². The van der Waals surface area contributed by atoms with E-state index in [0.717, 1.165) is 16.7 Å². The molecule has 27 heavy (non-hydrogen) atoms. The van der Waals surface area contributed by atoms with Crippen LogP contribution in [0.1, 0.15) is 27.2 Å². The molecule has 1 aliphatic rings. The molecule has 1 aromatic carbocycles. The fraction of sp³-hybridized carbons (Fsp3) is 0.158. The maximum atomic E-state index is 12.1. The number of fused-ring (bicyclic) bond motifs is 3. The van der Waals surface area contributed by atoms with E-state index in [1.54, 1.807) is 18.2 Å². The molecule has 0 bridgehead atoms. The number of H-pyrrole nitrogens is 1. The van der Waals surface area contributed by atoms with Crippen molar-refractivity contribution in [2.24, 2.45) is 0 Å². The molecule has 0 unspecified atom stereocenters. The van der Waals surface area contributed by atoms with Crippen molar-refractivity contribution in [1.29, 1.82) is 5.26 Å². The van der Waals surface area contributed by atoms with E-state index >= 15 is 0 Å². The molecule has 0 saturated heterocycles. The van der Waals surface area contributed by atoms with Crippen molar-refractivity contribution in [2.75, 3.05) is 12.8 Å². The third kappa shape index (κ3) is 2.48. The molecule has 0 amide bonds. The summed E-state index contributed by atoms with van der Waals surface area (Å²) >= 11 is 0. The van der Waals surface area contributed by atoms with Crippen molar-refractivity contribution >= 4 is 11.8 Å². The molecular formula is C19H15N5O3. The van der Waals surface area contributed by atoms with Crippen molar-refractivity contribution in [2.45, 2.75) is 12.8 Å². The van der Waals surface area contributed by atoms with Crippen molar-refractivity contribution < 1.29 is 14.6 Å². The summed E-state index contributed by atoms with van der Waals surface area (Å²) in [6, 6.07) is 7.16. The Morgan fingerprint density at radius 1 is 1.37 bits per heavy atom. The lowest BCUT2D eigenvalue weighted by Gasteiger charge is -2.23. The van der Waals surface area contributed by atoms with E-state index < -0.39 is 5.97 Å². The minimum Gasteiger partial charge on any atom is -0.508 e. The van der Waals surface area contributed by atoms with Gasteiger partial charge in [0.1, 0.15) is 23.2 Å². The summed E-state index contributed by atoms with van der Waals surface area (Å²) in [4.78, 5) is 16.6. The predicted octanol–water partition coefficient (Wildman–Crippen LogP) is 2.18. The predicted molar refractivity (Wildman–Crippen MR) is 96.8 cm³/mol. The SMILES string of the molecule is COC(=O)c1[nH]ncc1-c1c(C#N)c(N)nc2c1CCc1cc(O)ccc1-2. The number of benzene rings is 1. The zero-order valence-electron chi connectivity index (χ0n) is 14.4. The number of nitrogen functional groups attached to an aromatic ring is 1. The van der Waals surface area contributed by atoms with Gasteiger partial charge in [0, 0.05) is 16.7 Å². The Balaban J connectivity index is 2.05. The highest BCUT2D eigenvalue weighted by Crippen LogP contribution is 2.42. The monoisotopic (exact) mass is 361 g/mol. The van der Waals surface area contributed by atoms with Gasteiger partial charge < -0.3 is 15.6 Å². The Morgan fingerprint density at radius 3 is 2.93 bits per heavy atom. The summed E-state index contributed by atoms with van der Waals surface area (Å²) in [5.74, 6) is -0.331. The van der Waals surface area contributed by atoms with Gasteiger partial charge >= 0.3 is 5.97 Å². The third-order valence-electron chi connectivity index (χ3n) is 4.72. The molecule has 0 atom stereocenters. The van der Waals surface area contributed by atoms with Gasteiger partial charge in [-0.25, -0.2) is 9.78 Å². The van der Waals surface area contributed by atoms with Gasteiger partial charge in [-0.3, -0.25) is 5.10 Å². The maximum Gasteiger partial charge on any atom is 0.356 e. The minimum absolute atomic E-state index is 0.0733. The number of nitrogens with one attached hydrogen (secondary N) is 1. The number of aromatic amines is 1. The van der Waals surface area contributed by atoms with Crippen molar-refractivity contribution in [3.63, 3.8) is 0 Å². The Hall–Kier alpha value is -3.86. The number of phenols is 1. The molecule has 0 radical (unpaired) electrons. The number of ether oxygens (including phenoxy) is 1. The lowest BCUT2D eigenvalue weighted by molar-refractivity contribution is 0.0595. The van der Waals surface area contributed by atoms with E-state index in [9.17, 15) is 15.2 Å². The maximum absolute atomic E-state index is 12.1. The Labute approximate surface area is 154 Å². The topological polar surface area (TPSA) is 138 Å². The van der Waals surface area contributed by atoms with E-state index in [4.69, 9.17) is 10.5 Å². The number of hydrogen-bond donors (Lipinski definition) is 3. The molecule has 0 aliphatic heterocycles. The molecule has 134 valence electrons. The largest absolute Gasteiger partial charge is 0.508 e. The number of hydrogen-bond acceptors (Lipinski definition) is 7. The zero-order valence-corrected chi connectivity index (χ0v) is 14.4. The van der Waals surface area contributed by atoms with Crippen LogP contribution < -0.4 is 5.73 Å². The fourth-order valence-corrected chi connectivity index (χ4v) is 3.53. The van der Waals surface area contributed by atoms with Crippen LogP contribution in [0.5, 0.6) is 5.75 Å². The Kier molecular flexibility index (Phi) is 3.78. The first-order chi connectivity index (χ1) is 13.0. The Bertz CT molecular complexity index is 1130. The van der Waals surface area contributed by atoms with Gasteiger partial charge in [0.2, 0.25) is 0 Å². The number of carbonyl (C=O) groups is 1. The average molecular weight is 361 g/mol. The third-order valence-corrected chi connectivity index (χ3v) is 4.72. The number of carbonyl (C=O) groups excluding carboxylic acids is 1. The van der Waals surface area contributed by atoms with E-state index in [0.29, 0.717) is 29.7 Å². The first-order valence-corrected chi connectivity index (χ1v) is 8.22. The highest BCUT2D eigenvalue weighted by atomic mass is 16.5. The number of nitrogens with zero attached hydrogens (tertiary/aromatic N) is 3. The van der Waals surface area contributed by atoms with Crippen LogP contribution in [0, 0.1) is 11.3 Å². The summed E-state index contributed by atoms with van der Waals surface area (Å²) in [5, 5.41) is 26.0. The van der Waals surface area contributed by atoms with Crippen LogP contribution in [0.2, 0.25) is 0 Å². The number of rotatable bonds is 2. The number of aromatic nitrogens is 3. The number of esters is 1. The molecule has 8 heteroatoms. The summed E-state index contributed by atoms with van der Waals surface area (Å²) in [5.41, 5.74) is 10.7. The van der Waals surface area contributed by atoms with Crippen molar-refractivity contribution in [3.8, 4) is 34.2 Å². The van der Waals surface area contributed by atoms with Crippen molar-refractivity contribution in [3.05, 3.63) is 46.8 Å². The van der Waals surface area contributed by atoms with Gasteiger partial charge in [-0.15, -0.1) is 0 Å². The fourth-order valence-electron chi connectivity index (χ4n) is 3.53. The molecular weight excluding hydrogens is 346 g/mol. The zero-order chi connectivity index (χ0) is 19.1. The van der Waals surface area contributed by atoms with Crippen LogP contribution in [-0.4, -0.2) is 33.4 Å². The average Bonchev–Trinajstić information content (AvgIpc) is 3.15. The molecule has 0 spiro atoms. The number of phenolic OH excluding ortho intramolecular Hbond substituents is 1. The van der Waals surface area contributed by atoms with E-state index in [-0.39, 0.29) is 22.8 Å². The standard InChI is InChI=1S/C19H15N5O3/c1-27-19(26)17-14(8-22-24-17)15-12-4-2-9-6-10(25)3-5-11(9)16(12)23-18(21)13(15)7-20/h3,5-6,8,25H,2,4H2,1H3,(H2,21,23)(H,22,24). The number of aryl methyl sites for hydroxylation is 1. The molecule has 4 rings (SSSR count). The molecule has 0 fully saturated rings. The number of pyridine rings is 1. The highest BCUT2D eigenvalue weighted by Gasteiger charge is 2.28. The van der Waals surface area contributed by atoms with Gasteiger partial charge in [0.15, 0.2) is 5.69 Å². The summed E-state index contributed by atoms with van der Waals surface area (Å²) < 4.78 is 4.81. The quantitative estimate of drug-likeness (QED) is 0.595. The van der Waals surface area contributed by atoms with E-state index in [2.05, 4.69) is 21.3 Å². The number of nitrogens with two attached hydrogens (primary N) is 1. The van der Waals surface area contributed by atoms with Crippen LogP contribution in [0.4, 0.5) is 5.82 Å². The van der Waals surface area contributed by atoms with Crippen LogP contribution >= 0.6 is 0 Å². The molecule has 1 aliphatic carbocycles. The second-order valence-corrected chi connectivity index (χ2v) is 6.18. The normalized spacial score (nSPS) is 12.0. The molecule has 0 saturated carbocycles. The summed E-state index contributed by atoms with van der Waals surface area (Å²) in [6.07, 6.45) is 2.72. The van der Waals surface area contributed by atoms with Crippen LogP contribution in [0.15, 0.2) is 24.4 Å². The van der Waals surface area contributed by atoms with Crippen LogP contribution in [0.25, 0.3) is 22.4 Å². The van der Waals surface area contributed by atoms with Gasteiger partial charge in [-0.05, 0) is 42.2 Å². The number of nitriles is 1. The van der Waals surface area contributed by atoms with E-state index in [1.165, 1.54) is 13.3 Å². The summed E-state index contributed by atoms with van der Waals surface area (Å²) in [6.45, 7) is 0. The molecule has 8 nitrogen and oxygen atoms in total. The van der Waals surface area contributed by atoms with Crippen molar-refractivity contribution in [1.82, 2.24) is 15.2 Å². The van der Waals surface area contributed by atoms with Gasteiger partial charge in [0.25, 0.3) is 0 Å². The Morgan fingerprint density at radius 2 is 2.19 bits per heavy atom. The second-order valence-electron chi connectivity index (χ2n) is 6.18. The molecule has 4 N–H and O–H groups in total. The van der Waals surface area contributed by atoms with Gasteiger partial charge in [-0.2, -0.15) is 10.4 Å². The van der Waals surface area contributed by atoms with Gasteiger partial charge in [-0.1, -0.05) is 0 Å². The van der Waals surface area contributed by atoms with Crippen LogP contribution in [-0.2, 0) is 17.6 Å². The lowest BCUT2D eigenvalue weighted by atomic mass is 9.83.